The molecule has 2 aliphatic heterocycles. The molecule has 3 rings (SSSR count). The molecular formula is C19H28N2O3. The highest BCUT2D eigenvalue weighted by Crippen LogP contribution is 2.17. The number of aliphatic hydroxyl groups excluding tert-OH is 1. The molecule has 2 saturated heterocycles. The molecule has 2 fully saturated rings. The maximum atomic E-state index is 12.8. The molecule has 0 aromatic heterocycles. The number of rotatable bonds is 4. The number of nitrogens with zero attached hydrogens (tertiary/aromatic N) is 2. The first kappa shape index (κ1) is 17.4. The van der Waals surface area contributed by atoms with E-state index in [1.807, 2.05) is 24.0 Å². The van der Waals surface area contributed by atoms with E-state index < -0.39 is 0 Å². The van der Waals surface area contributed by atoms with E-state index in [4.69, 9.17) is 4.74 Å². The number of carbonyl (C=O) groups excluding carboxylic acids is 1. The molecule has 0 aliphatic carbocycles. The summed E-state index contributed by atoms with van der Waals surface area (Å²) in [6.07, 6.45) is 3.65. The molecule has 1 aromatic rings. The van der Waals surface area contributed by atoms with E-state index in [-0.39, 0.29) is 24.7 Å². The average Bonchev–Trinajstić information content (AvgIpc) is 2.63. The highest BCUT2D eigenvalue weighted by atomic mass is 16.5. The number of aliphatic hydroxyl groups is 1. The first-order chi connectivity index (χ1) is 11.7. The van der Waals surface area contributed by atoms with Gasteiger partial charge in [-0.05, 0) is 50.6 Å². The minimum absolute atomic E-state index is 0.0220. The summed E-state index contributed by atoms with van der Waals surface area (Å²) in [6, 6.07) is 8.02. The standard InChI is InChI=1S/C19H28N2O3/c1-15-14-24-18(13-22)12-21(15)19(23)17-7-5-16(6-8-17)11-20-9-3-2-4-10-20/h5-8,15,18,22H,2-4,9-14H2,1H3. The van der Waals surface area contributed by atoms with Crippen LogP contribution in [0, 0.1) is 0 Å². The van der Waals surface area contributed by atoms with E-state index in [9.17, 15) is 9.90 Å². The summed E-state index contributed by atoms with van der Waals surface area (Å²) in [4.78, 5) is 17.0. The molecule has 2 aliphatic rings. The van der Waals surface area contributed by atoms with Gasteiger partial charge in [0.2, 0.25) is 0 Å². The summed E-state index contributed by atoms with van der Waals surface area (Å²) >= 11 is 0. The van der Waals surface area contributed by atoms with Gasteiger partial charge in [-0.3, -0.25) is 9.69 Å². The Balaban J connectivity index is 1.62. The first-order valence-corrected chi connectivity index (χ1v) is 9.02. The van der Waals surface area contributed by atoms with Crippen LogP contribution in [0.1, 0.15) is 42.1 Å². The summed E-state index contributed by atoms with van der Waals surface area (Å²) in [7, 11) is 0. The minimum atomic E-state index is -0.275. The van der Waals surface area contributed by atoms with Crippen molar-refractivity contribution in [3.63, 3.8) is 0 Å². The Kier molecular flexibility index (Phi) is 5.87. The Hall–Kier alpha value is -1.43. The topological polar surface area (TPSA) is 53.0 Å². The number of likely N-dealkylation sites (tertiary alicyclic amines) is 1. The van der Waals surface area contributed by atoms with Crippen LogP contribution in [0.15, 0.2) is 24.3 Å². The van der Waals surface area contributed by atoms with Gasteiger partial charge in [-0.25, -0.2) is 0 Å². The van der Waals surface area contributed by atoms with Gasteiger partial charge in [0, 0.05) is 18.7 Å². The molecule has 0 bridgehead atoms. The summed E-state index contributed by atoms with van der Waals surface area (Å²) in [6.45, 7) is 6.18. The van der Waals surface area contributed by atoms with Crippen molar-refractivity contribution in [2.24, 2.45) is 0 Å². The lowest BCUT2D eigenvalue weighted by Crippen LogP contribution is -2.52. The zero-order chi connectivity index (χ0) is 16.9. The van der Waals surface area contributed by atoms with Crippen LogP contribution in [0.2, 0.25) is 0 Å². The van der Waals surface area contributed by atoms with Crippen LogP contribution in [-0.4, -0.2) is 65.8 Å². The Morgan fingerprint density at radius 3 is 2.58 bits per heavy atom. The van der Waals surface area contributed by atoms with Crippen molar-refractivity contribution in [2.45, 2.75) is 44.9 Å². The molecular weight excluding hydrogens is 304 g/mol. The Bertz CT molecular complexity index is 540. The van der Waals surface area contributed by atoms with Crippen molar-refractivity contribution in [2.75, 3.05) is 32.8 Å². The normalized spacial score (nSPS) is 25.7. The minimum Gasteiger partial charge on any atom is -0.394 e. The van der Waals surface area contributed by atoms with Gasteiger partial charge in [-0.1, -0.05) is 18.6 Å². The van der Waals surface area contributed by atoms with Crippen LogP contribution in [-0.2, 0) is 11.3 Å². The third-order valence-electron chi connectivity index (χ3n) is 5.03. The molecule has 2 unspecified atom stereocenters. The molecule has 2 heterocycles. The first-order valence-electron chi connectivity index (χ1n) is 9.02. The summed E-state index contributed by atoms with van der Waals surface area (Å²) < 4.78 is 5.51. The number of morpholine rings is 1. The van der Waals surface area contributed by atoms with Crippen molar-refractivity contribution in [3.05, 3.63) is 35.4 Å². The molecule has 2 atom stereocenters. The Morgan fingerprint density at radius 1 is 1.21 bits per heavy atom. The van der Waals surface area contributed by atoms with E-state index in [1.165, 1.54) is 37.9 Å². The van der Waals surface area contributed by atoms with Crippen molar-refractivity contribution in [1.29, 1.82) is 0 Å². The van der Waals surface area contributed by atoms with Gasteiger partial charge in [-0.15, -0.1) is 0 Å². The van der Waals surface area contributed by atoms with Crippen molar-refractivity contribution >= 4 is 5.91 Å². The summed E-state index contributed by atoms with van der Waals surface area (Å²) in [5.41, 5.74) is 1.97. The van der Waals surface area contributed by atoms with Gasteiger partial charge in [0.25, 0.3) is 5.91 Å². The van der Waals surface area contributed by atoms with Crippen molar-refractivity contribution < 1.29 is 14.6 Å². The maximum absolute atomic E-state index is 12.8. The van der Waals surface area contributed by atoms with Gasteiger partial charge < -0.3 is 14.7 Å². The van der Waals surface area contributed by atoms with Crippen LogP contribution < -0.4 is 0 Å². The summed E-state index contributed by atoms with van der Waals surface area (Å²) in [5.74, 6) is 0.0220. The monoisotopic (exact) mass is 332 g/mol. The average molecular weight is 332 g/mol. The molecule has 0 radical (unpaired) electrons. The fraction of sp³-hybridized carbons (Fsp3) is 0.632. The van der Waals surface area contributed by atoms with E-state index in [0.29, 0.717) is 18.7 Å². The maximum Gasteiger partial charge on any atom is 0.254 e. The van der Waals surface area contributed by atoms with E-state index >= 15 is 0 Å². The van der Waals surface area contributed by atoms with Gasteiger partial charge in [-0.2, -0.15) is 0 Å². The quantitative estimate of drug-likeness (QED) is 0.915. The molecule has 0 saturated carbocycles. The van der Waals surface area contributed by atoms with E-state index in [1.54, 1.807) is 0 Å². The Labute approximate surface area is 144 Å². The van der Waals surface area contributed by atoms with Crippen LogP contribution >= 0.6 is 0 Å². The predicted molar refractivity (Wildman–Crippen MR) is 92.9 cm³/mol. The van der Waals surface area contributed by atoms with Crippen molar-refractivity contribution in [3.8, 4) is 0 Å². The SMILES string of the molecule is CC1COC(CO)CN1C(=O)c1ccc(CN2CCCCC2)cc1. The smallest absolute Gasteiger partial charge is 0.254 e. The molecule has 132 valence electrons. The lowest BCUT2D eigenvalue weighted by molar-refractivity contribution is -0.0667. The van der Waals surface area contributed by atoms with Gasteiger partial charge in [0.05, 0.1) is 25.4 Å². The summed E-state index contributed by atoms with van der Waals surface area (Å²) in [5, 5.41) is 9.27. The fourth-order valence-corrected chi connectivity index (χ4v) is 3.51. The second kappa shape index (κ2) is 8.10. The lowest BCUT2D eigenvalue weighted by atomic mass is 10.1. The Morgan fingerprint density at radius 2 is 1.92 bits per heavy atom. The van der Waals surface area contributed by atoms with Crippen LogP contribution in [0.4, 0.5) is 0 Å². The van der Waals surface area contributed by atoms with E-state index in [2.05, 4.69) is 17.0 Å². The van der Waals surface area contributed by atoms with Gasteiger partial charge >= 0.3 is 0 Å². The molecule has 1 amide bonds. The van der Waals surface area contributed by atoms with Crippen LogP contribution in [0.3, 0.4) is 0 Å². The van der Waals surface area contributed by atoms with Crippen LogP contribution in [0.5, 0.6) is 0 Å². The zero-order valence-corrected chi connectivity index (χ0v) is 14.5. The highest BCUT2D eigenvalue weighted by Gasteiger charge is 2.29. The van der Waals surface area contributed by atoms with Crippen molar-refractivity contribution in [1.82, 2.24) is 9.80 Å². The van der Waals surface area contributed by atoms with Crippen LogP contribution in [0.25, 0.3) is 0 Å². The van der Waals surface area contributed by atoms with Gasteiger partial charge in [0.15, 0.2) is 0 Å². The molecule has 0 spiro atoms. The second-order valence-electron chi connectivity index (χ2n) is 6.98. The molecule has 5 heteroatoms. The van der Waals surface area contributed by atoms with E-state index in [0.717, 1.165) is 6.54 Å². The fourth-order valence-electron chi connectivity index (χ4n) is 3.51. The largest absolute Gasteiger partial charge is 0.394 e. The molecule has 24 heavy (non-hydrogen) atoms. The second-order valence-corrected chi connectivity index (χ2v) is 6.98. The third-order valence-corrected chi connectivity index (χ3v) is 5.03. The molecule has 5 nitrogen and oxygen atoms in total. The predicted octanol–water partition coefficient (Wildman–Crippen LogP) is 1.89. The third kappa shape index (κ3) is 4.15. The number of hydrogen-bond acceptors (Lipinski definition) is 4. The molecule has 1 aromatic carbocycles. The van der Waals surface area contributed by atoms with Gasteiger partial charge in [0.1, 0.15) is 0 Å². The number of amides is 1. The number of hydrogen-bond donors (Lipinski definition) is 1. The molecule has 1 N–H and O–H groups in total. The number of carbonyl (C=O) groups is 1. The number of benzene rings is 1. The zero-order valence-electron chi connectivity index (χ0n) is 14.5. The number of ether oxygens (including phenoxy) is 1. The lowest BCUT2D eigenvalue weighted by Gasteiger charge is -2.37. The number of piperidine rings is 1. The highest BCUT2D eigenvalue weighted by molar-refractivity contribution is 5.94.